The van der Waals surface area contributed by atoms with E-state index < -0.39 is 5.56 Å². The van der Waals surface area contributed by atoms with Gasteiger partial charge < -0.3 is 10.1 Å². The highest BCUT2D eigenvalue weighted by atomic mass is 32.2. The van der Waals surface area contributed by atoms with Gasteiger partial charge in [0.1, 0.15) is 0 Å². The number of carbonyl (C=O) groups is 1. The molecular weight excluding hydrogens is 374 g/mol. The molecule has 2 aromatic carbocycles. The number of aryl methyl sites for hydroxylation is 2. The van der Waals surface area contributed by atoms with Crippen LogP contribution in [0.4, 0.5) is 11.4 Å². The summed E-state index contributed by atoms with van der Waals surface area (Å²) >= 11 is 1.23. The summed E-state index contributed by atoms with van der Waals surface area (Å²) in [6, 6.07) is 17.0. The number of aromatic hydroxyl groups is 1. The smallest absolute Gasteiger partial charge is 0.255 e. The first-order valence-electron chi connectivity index (χ1n) is 9.04. The van der Waals surface area contributed by atoms with Crippen LogP contribution in [0.25, 0.3) is 0 Å². The quantitative estimate of drug-likeness (QED) is 0.524. The van der Waals surface area contributed by atoms with Gasteiger partial charge in [0.25, 0.3) is 5.56 Å². The number of nitrogens with one attached hydrogen (secondary N) is 1. The lowest BCUT2D eigenvalue weighted by molar-refractivity contribution is -0.117. The molecule has 0 bridgehead atoms. The monoisotopic (exact) mass is 393 g/mol. The van der Waals surface area contributed by atoms with E-state index in [-0.39, 0.29) is 18.2 Å². The first-order chi connectivity index (χ1) is 13.6. The molecule has 1 aliphatic heterocycles. The molecule has 0 radical (unpaired) electrons. The standard InChI is InChI=1S/C21H19N3O3S/c25-18-13-19(26)23-21(22-18)28-12-11-20(27)24-16-7-3-1-5-14(16)9-10-15-6-2-4-8-17(15)24/h1-8,13H,9-12H2,(H2,22,23,25,26). The highest BCUT2D eigenvalue weighted by Gasteiger charge is 2.25. The number of amides is 1. The highest BCUT2D eigenvalue weighted by molar-refractivity contribution is 7.99. The van der Waals surface area contributed by atoms with E-state index >= 15 is 0 Å². The maximum Gasteiger partial charge on any atom is 0.255 e. The van der Waals surface area contributed by atoms with Crippen molar-refractivity contribution in [2.75, 3.05) is 10.7 Å². The van der Waals surface area contributed by atoms with Gasteiger partial charge in [-0.2, -0.15) is 4.98 Å². The number of aromatic amines is 1. The second-order valence-electron chi connectivity index (χ2n) is 6.49. The first kappa shape index (κ1) is 18.3. The molecule has 0 aliphatic carbocycles. The Hall–Kier alpha value is -3.06. The van der Waals surface area contributed by atoms with Crippen LogP contribution < -0.4 is 10.5 Å². The van der Waals surface area contributed by atoms with Crippen LogP contribution in [0.3, 0.4) is 0 Å². The van der Waals surface area contributed by atoms with Crippen LogP contribution in [0.15, 0.2) is 64.5 Å². The van der Waals surface area contributed by atoms with Crippen LogP contribution in [0.2, 0.25) is 0 Å². The number of H-pyrrole nitrogens is 1. The third-order valence-electron chi connectivity index (χ3n) is 4.64. The van der Waals surface area contributed by atoms with Crippen molar-refractivity contribution in [2.45, 2.75) is 24.4 Å². The van der Waals surface area contributed by atoms with Crippen LogP contribution in [-0.4, -0.2) is 26.7 Å². The van der Waals surface area contributed by atoms with Gasteiger partial charge in [-0.15, -0.1) is 0 Å². The number of aromatic nitrogens is 2. The van der Waals surface area contributed by atoms with Crippen LogP contribution in [-0.2, 0) is 17.6 Å². The zero-order valence-corrected chi connectivity index (χ0v) is 15.9. The second-order valence-corrected chi connectivity index (χ2v) is 7.58. The average Bonchev–Trinajstić information content (AvgIpc) is 2.84. The minimum Gasteiger partial charge on any atom is -0.493 e. The van der Waals surface area contributed by atoms with E-state index in [1.54, 1.807) is 4.90 Å². The number of anilines is 2. The molecule has 1 amide bonds. The third kappa shape index (κ3) is 3.80. The van der Waals surface area contributed by atoms with Crippen LogP contribution in [0.5, 0.6) is 5.88 Å². The maximum atomic E-state index is 13.2. The molecule has 2 heterocycles. The number of benzene rings is 2. The number of hydrogen-bond acceptors (Lipinski definition) is 5. The predicted molar refractivity (Wildman–Crippen MR) is 109 cm³/mol. The van der Waals surface area contributed by atoms with Gasteiger partial charge in [-0.05, 0) is 36.1 Å². The van der Waals surface area contributed by atoms with Crippen molar-refractivity contribution < 1.29 is 9.90 Å². The zero-order chi connectivity index (χ0) is 19.5. The minimum absolute atomic E-state index is 0.0169. The molecule has 0 fully saturated rings. The van der Waals surface area contributed by atoms with E-state index in [4.69, 9.17) is 0 Å². The SMILES string of the molecule is O=C(CCSc1nc(O)cc(=O)[nH]1)N1c2ccccc2CCc2ccccc21. The van der Waals surface area contributed by atoms with Gasteiger partial charge in [0, 0.05) is 12.2 Å². The number of rotatable bonds is 4. The lowest BCUT2D eigenvalue weighted by atomic mass is 10.0. The van der Waals surface area contributed by atoms with Crippen LogP contribution in [0.1, 0.15) is 17.5 Å². The number of nitrogens with zero attached hydrogens (tertiary/aromatic N) is 2. The van der Waals surface area contributed by atoms with Crippen molar-refractivity contribution in [1.82, 2.24) is 9.97 Å². The van der Waals surface area contributed by atoms with Crippen molar-refractivity contribution in [3.05, 3.63) is 76.1 Å². The van der Waals surface area contributed by atoms with Gasteiger partial charge in [-0.25, -0.2) is 0 Å². The van der Waals surface area contributed by atoms with Crippen LogP contribution >= 0.6 is 11.8 Å². The molecule has 1 aromatic heterocycles. The molecule has 0 spiro atoms. The van der Waals surface area contributed by atoms with Crippen molar-refractivity contribution in [3.63, 3.8) is 0 Å². The van der Waals surface area contributed by atoms with E-state index in [1.165, 1.54) is 11.8 Å². The zero-order valence-electron chi connectivity index (χ0n) is 15.1. The summed E-state index contributed by atoms with van der Waals surface area (Å²) in [4.78, 5) is 32.8. The molecule has 4 rings (SSSR count). The summed E-state index contributed by atoms with van der Waals surface area (Å²) < 4.78 is 0. The second kappa shape index (κ2) is 7.90. The van der Waals surface area contributed by atoms with E-state index in [0.717, 1.165) is 41.4 Å². The Bertz CT molecular complexity index is 1030. The number of hydrogen-bond donors (Lipinski definition) is 2. The number of carbonyl (C=O) groups excluding carboxylic acids is 1. The fraction of sp³-hybridized carbons (Fsp3) is 0.190. The fourth-order valence-electron chi connectivity index (χ4n) is 3.39. The predicted octanol–water partition coefficient (Wildman–Crippen LogP) is 3.42. The summed E-state index contributed by atoms with van der Waals surface area (Å²) in [7, 11) is 0. The van der Waals surface area contributed by atoms with Gasteiger partial charge in [-0.1, -0.05) is 48.2 Å². The van der Waals surface area contributed by atoms with Crippen molar-refractivity contribution in [1.29, 1.82) is 0 Å². The van der Waals surface area contributed by atoms with E-state index in [9.17, 15) is 14.7 Å². The van der Waals surface area contributed by atoms with Gasteiger partial charge >= 0.3 is 0 Å². The molecule has 142 valence electrons. The molecule has 0 unspecified atom stereocenters. The molecule has 6 nitrogen and oxygen atoms in total. The van der Waals surface area contributed by atoms with Gasteiger partial charge in [0.05, 0.1) is 17.4 Å². The highest BCUT2D eigenvalue weighted by Crippen LogP contribution is 2.36. The van der Waals surface area contributed by atoms with E-state index in [0.29, 0.717) is 10.9 Å². The third-order valence-corrected chi connectivity index (χ3v) is 5.51. The number of thioether (sulfide) groups is 1. The molecule has 0 saturated heterocycles. The Kier molecular flexibility index (Phi) is 5.16. The normalized spacial score (nSPS) is 12.8. The fourth-order valence-corrected chi connectivity index (χ4v) is 4.19. The number of para-hydroxylation sites is 2. The van der Waals surface area contributed by atoms with Crippen molar-refractivity contribution in [2.24, 2.45) is 0 Å². The molecule has 3 aromatic rings. The van der Waals surface area contributed by atoms with Gasteiger partial charge in [0.15, 0.2) is 5.16 Å². The summed E-state index contributed by atoms with van der Waals surface area (Å²) in [5, 5.41) is 9.74. The Balaban J connectivity index is 1.57. The van der Waals surface area contributed by atoms with E-state index in [2.05, 4.69) is 22.1 Å². The van der Waals surface area contributed by atoms with Gasteiger partial charge in [-0.3, -0.25) is 14.5 Å². The molecule has 2 N–H and O–H groups in total. The Labute approximate surface area is 166 Å². The lowest BCUT2D eigenvalue weighted by Gasteiger charge is -2.25. The van der Waals surface area contributed by atoms with Crippen molar-refractivity contribution in [3.8, 4) is 5.88 Å². The maximum absolute atomic E-state index is 13.2. The summed E-state index contributed by atoms with van der Waals surface area (Å²) in [5.41, 5.74) is 3.73. The molecule has 7 heteroatoms. The summed E-state index contributed by atoms with van der Waals surface area (Å²) in [5.74, 6) is 0.0937. The average molecular weight is 393 g/mol. The largest absolute Gasteiger partial charge is 0.493 e. The molecule has 28 heavy (non-hydrogen) atoms. The molecular formula is C21H19N3O3S. The lowest BCUT2D eigenvalue weighted by Crippen LogP contribution is -2.27. The van der Waals surface area contributed by atoms with Crippen LogP contribution in [0, 0.1) is 0 Å². The first-order valence-corrected chi connectivity index (χ1v) is 10.0. The molecule has 0 saturated carbocycles. The summed E-state index contributed by atoms with van der Waals surface area (Å²) in [6.07, 6.45) is 2.05. The topological polar surface area (TPSA) is 86.3 Å². The van der Waals surface area contributed by atoms with Crippen molar-refractivity contribution >= 4 is 29.0 Å². The Morgan fingerprint density at radius 1 is 1.07 bits per heavy atom. The minimum atomic E-state index is -0.420. The number of fused-ring (bicyclic) bond motifs is 2. The Morgan fingerprint density at radius 3 is 2.29 bits per heavy atom. The van der Waals surface area contributed by atoms with Gasteiger partial charge in [0.2, 0.25) is 11.8 Å². The van der Waals surface area contributed by atoms with E-state index in [1.807, 2.05) is 36.4 Å². The molecule has 1 aliphatic rings. The molecule has 0 atom stereocenters. The summed E-state index contributed by atoms with van der Waals surface area (Å²) in [6.45, 7) is 0. The Morgan fingerprint density at radius 2 is 1.68 bits per heavy atom.